The lowest BCUT2D eigenvalue weighted by Crippen LogP contribution is -2.43. The van der Waals surface area contributed by atoms with Crippen molar-refractivity contribution >= 4 is 17.2 Å². The van der Waals surface area contributed by atoms with Gasteiger partial charge in [-0.1, -0.05) is 30.3 Å². The van der Waals surface area contributed by atoms with Crippen LogP contribution in [0.4, 0.5) is 0 Å². The molecule has 3 rings (SSSR count). The first-order valence-electron chi connectivity index (χ1n) is 7.77. The summed E-state index contributed by atoms with van der Waals surface area (Å²) in [5.74, 6) is 0.0865. The number of nitrogens with one attached hydrogen (secondary N) is 2. The molecule has 5 heteroatoms. The van der Waals surface area contributed by atoms with Crippen molar-refractivity contribution in [2.45, 2.75) is 31.7 Å². The molecule has 0 atom stereocenters. The van der Waals surface area contributed by atoms with Crippen molar-refractivity contribution in [2.75, 3.05) is 13.1 Å². The van der Waals surface area contributed by atoms with Crippen molar-refractivity contribution < 1.29 is 4.79 Å². The van der Waals surface area contributed by atoms with Gasteiger partial charge in [0.1, 0.15) is 0 Å². The Hall–Kier alpha value is -1.72. The molecule has 0 spiro atoms. The summed E-state index contributed by atoms with van der Waals surface area (Å²) in [5.41, 5.74) is 2.13. The van der Waals surface area contributed by atoms with Crippen molar-refractivity contribution in [3.8, 4) is 0 Å². The summed E-state index contributed by atoms with van der Waals surface area (Å²) in [7, 11) is 0. The highest BCUT2D eigenvalue weighted by Crippen LogP contribution is 2.15. The van der Waals surface area contributed by atoms with Crippen LogP contribution < -0.4 is 10.6 Å². The summed E-state index contributed by atoms with van der Waals surface area (Å²) < 4.78 is 0. The van der Waals surface area contributed by atoms with Gasteiger partial charge in [0, 0.05) is 17.8 Å². The quantitative estimate of drug-likeness (QED) is 0.889. The van der Waals surface area contributed by atoms with E-state index in [1.165, 1.54) is 5.56 Å². The average Bonchev–Trinajstić information content (AvgIpc) is 2.96. The molecule has 2 N–H and O–H groups in total. The molecule has 2 heterocycles. The maximum Gasteiger partial charge on any atom is 0.226 e. The highest BCUT2D eigenvalue weighted by molar-refractivity contribution is 7.09. The fourth-order valence-corrected chi connectivity index (χ4v) is 3.52. The van der Waals surface area contributed by atoms with Crippen LogP contribution in [0.5, 0.6) is 0 Å². The Morgan fingerprint density at radius 3 is 2.82 bits per heavy atom. The van der Waals surface area contributed by atoms with Gasteiger partial charge in [0.2, 0.25) is 5.91 Å². The standard InChI is InChI=1S/C17H21N3OS/c21-16(19-14-6-8-18-9-7-14)11-15-12-22-17(20-15)10-13-4-2-1-3-5-13/h1-5,12,14,18H,6-11H2,(H,19,21). The minimum Gasteiger partial charge on any atom is -0.353 e. The Kier molecular flexibility index (Phi) is 5.19. The molecule has 1 aliphatic heterocycles. The Bertz CT molecular complexity index is 605. The van der Waals surface area contributed by atoms with E-state index in [2.05, 4.69) is 27.8 Å². The Morgan fingerprint density at radius 2 is 2.05 bits per heavy atom. The van der Waals surface area contributed by atoms with Crippen LogP contribution in [-0.2, 0) is 17.6 Å². The van der Waals surface area contributed by atoms with Crippen LogP contribution >= 0.6 is 11.3 Å². The maximum absolute atomic E-state index is 12.1. The Labute approximate surface area is 135 Å². The van der Waals surface area contributed by atoms with Crippen LogP contribution in [0, 0.1) is 0 Å². The molecule has 0 unspecified atom stereocenters. The summed E-state index contributed by atoms with van der Waals surface area (Å²) in [4.78, 5) is 16.7. The van der Waals surface area contributed by atoms with Gasteiger partial charge in [-0.2, -0.15) is 0 Å². The fraction of sp³-hybridized carbons (Fsp3) is 0.412. The van der Waals surface area contributed by atoms with E-state index in [4.69, 9.17) is 0 Å². The van der Waals surface area contributed by atoms with Crippen molar-refractivity contribution in [1.82, 2.24) is 15.6 Å². The molecule has 0 aliphatic carbocycles. The smallest absolute Gasteiger partial charge is 0.226 e. The molecule has 4 nitrogen and oxygen atoms in total. The van der Waals surface area contributed by atoms with Crippen LogP contribution in [0.25, 0.3) is 0 Å². The number of aromatic nitrogens is 1. The Balaban J connectivity index is 1.51. The molecule has 116 valence electrons. The number of rotatable bonds is 5. The van der Waals surface area contributed by atoms with Gasteiger partial charge in [-0.3, -0.25) is 4.79 Å². The van der Waals surface area contributed by atoms with Crippen molar-refractivity contribution in [2.24, 2.45) is 0 Å². The second-order valence-electron chi connectivity index (χ2n) is 5.66. The molecule has 22 heavy (non-hydrogen) atoms. The SMILES string of the molecule is O=C(Cc1csc(Cc2ccccc2)n1)NC1CCNCC1. The molecule has 1 amide bonds. The van der Waals surface area contributed by atoms with E-state index in [0.717, 1.165) is 43.1 Å². The van der Waals surface area contributed by atoms with Crippen LogP contribution in [-0.4, -0.2) is 30.0 Å². The van der Waals surface area contributed by atoms with Gasteiger partial charge in [-0.05, 0) is 31.5 Å². The van der Waals surface area contributed by atoms with Crippen molar-refractivity contribution in [1.29, 1.82) is 0 Å². The minimum atomic E-state index is 0.0865. The van der Waals surface area contributed by atoms with E-state index in [1.54, 1.807) is 11.3 Å². The zero-order valence-corrected chi connectivity index (χ0v) is 13.4. The molecule has 0 radical (unpaired) electrons. The van der Waals surface area contributed by atoms with Gasteiger partial charge in [0.25, 0.3) is 0 Å². The van der Waals surface area contributed by atoms with Crippen LogP contribution in [0.3, 0.4) is 0 Å². The maximum atomic E-state index is 12.1. The zero-order chi connectivity index (χ0) is 15.2. The second-order valence-corrected chi connectivity index (χ2v) is 6.61. The van der Waals surface area contributed by atoms with Gasteiger partial charge in [-0.15, -0.1) is 11.3 Å². The molecule has 1 aliphatic rings. The van der Waals surface area contributed by atoms with Crippen LogP contribution in [0.2, 0.25) is 0 Å². The van der Waals surface area contributed by atoms with Gasteiger partial charge >= 0.3 is 0 Å². The predicted octanol–water partition coefficient (Wildman–Crippen LogP) is 2.14. The van der Waals surface area contributed by atoms with Gasteiger partial charge in [0.05, 0.1) is 17.1 Å². The number of thiazole rings is 1. The number of nitrogens with zero attached hydrogens (tertiary/aromatic N) is 1. The van der Waals surface area contributed by atoms with E-state index >= 15 is 0 Å². The van der Waals surface area contributed by atoms with Crippen LogP contribution in [0.15, 0.2) is 35.7 Å². The number of hydrogen-bond acceptors (Lipinski definition) is 4. The summed E-state index contributed by atoms with van der Waals surface area (Å²) in [5, 5.41) is 9.48. The molecule has 0 saturated carbocycles. The first-order valence-corrected chi connectivity index (χ1v) is 8.65. The molecular weight excluding hydrogens is 294 g/mol. The predicted molar refractivity (Wildman–Crippen MR) is 89.1 cm³/mol. The zero-order valence-electron chi connectivity index (χ0n) is 12.5. The largest absolute Gasteiger partial charge is 0.353 e. The summed E-state index contributed by atoms with van der Waals surface area (Å²) >= 11 is 1.63. The van der Waals surface area contributed by atoms with E-state index < -0.39 is 0 Å². The Morgan fingerprint density at radius 1 is 1.27 bits per heavy atom. The first-order chi connectivity index (χ1) is 10.8. The van der Waals surface area contributed by atoms with E-state index in [0.29, 0.717) is 12.5 Å². The molecule has 1 aromatic heterocycles. The number of hydrogen-bond donors (Lipinski definition) is 2. The summed E-state index contributed by atoms with van der Waals surface area (Å²) in [6, 6.07) is 10.6. The van der Waals surface area contributed by atoms with Crippen LogP contribution in [0.1, 0.15) is 29.1 Å². The lowest BCUT2D eigenvalue weighted by atomic mass is 10.1. The number of piperidine rings is 1. The third kappa shape index (κ3) is 4.39. The highest BCUT2D eigenvalue weighted by Gasteiger charge is 2.16. The number of carbonyl (C=O) groups excluding carboxylic acids is 1. The van der Waals surface area contributed by atoms with Gasteiger partial charge in [-0.25, -0.2) is 4.98 Å². The molecule has 1 saturated heterocycles. The van der Waals surface area contributed by atoms with Gasteiger partial charge in [0.15, 0.2) is 0 Å². The fourth-order valence-electron chi connectivity index (χ4n) is 2.69. The molecular formula is C17H21N3OS. The number of benzene rings is 1. The summed E-state index contributed by atoms with van der Waals surface area (Å²) in [6.45, 7) is 1.98. The number of carbonyl (C=O) groups is 1. The average molecular weight is 315 g/mol. The first kappa shape index (κ1) is 15.2. The molecule has 1 aromatic carbocycles. The summed E-state index contributed by atoms with van der Waals surface area (Å²) in [6.07, 6.45) is 3.25. The second kappa shape index (κ2) is 7.51. The highest BCUT2D eigenvalue weighted by atomic mass is 32.1. The molecule has 1 fully saturated rings. The van der Waals surface area contributed by atoms with E-state index in [9.17, 15) is 4.79 Å². The normalized spacial score (nSPS) is 15.6. The molecule has 0 bridgehead atoms. The monoisotopic (exact) mass is 315 g/mol. The van der Waals surface area contributed by atoms with Gasteiger partial charge < -0.3 is 10.6 Å². The topological polar surface area (TPSA) is 54.0 Å². The molecule has 2 aromatic rings. The minimum absolute atomic E-state index is 0.0865. The third-order valence-electron chi connectivity index (χ3n) is 3.84. The van der Waals surface area contributed by atoms with Crippen molar-refractivity contribution in [3.63, 3.8) is 0 Å². The van der Waals surface area contributed by atoms with E-state index in [-0.39, 0.29) is 5.91 Å². The third-order valence-corrected chi connectivity index (χ3v) is 4.74. The lowest BCUT2D eigenvalue weighted by Gasteiger charge is -2.23. The van der Waals surface area contributed by atoms with E-state index in [1.807, 2.05) is 23.6 Å². The lowest BCUT2D eigenvalue weighted by molar-refractivity contribution is -0.121. The number of amides is 1. The van der Waals surface area contributed by atoms with Crippen molar-refractivity contribution in [3.05, 3.63) is 52.0 Å².